The third-order valence-corrected chi connectivity index (χ3v) is 4.02. The lowest BCUT2D eigenvalue weighted by Gasteiger charge is -2.10. The predicted octanol–water partition coefficient (Wildman–Crippen LogP) is 2.16. The van der Waals surface area contributed by atoms with E-state index in [1.807, 2.05) is 24.3 Å². The SMILES string of the molecule is O=C(CCCc1nc2ccccc2s1)NC(CF)C(=O)O. The van der Waals surface area contributed by atoms with Crippen molar-refractivity contribution in [2.24, 2.45) is 0 Å². The summed E-state index contributed by atoms with van der Waals surface area (Å²) in [6, 6.07) is 6.33. The number of halogens is 1. The third-order valence-electron chi connectivity index (χ3n) is 2.92. The molecule has 1 aromatic carbocycles. The number of hydrogen-bond acceptors (Lipinski definition) is 4. The molecule has 1 amide bonds. The molecule has 0 bridgehead atoms. The zero-order valence-corrected chi connectivity index (χ0v) is 12.0. The van der Waals surface area contributed by atoms with Gasteiger partial charge in [-0.2, -0.15) is 0 Å². The predicted molar refractivity (Wildman–Crippen MR) is 78.1 cm³/mol. The number of carbonyl (C=O) groups excluding carboxylic acids is 1. The first-order valence-corrected chi connectivity index (χ1v) is 7.34. The van der Waals surface area contributed by atoms with Crippen LogP contribution in [-0.2, 0) is 16.0 Å². The summed E-state index contributed by atoms with van der Waals surface area (Å²) in [5, 5.41) is 11.7. The van der Waals surface area contributed by atoms with Crippen molar-refractivity contribution in [1.29, 1.82) is 0 Å². The minimum atomic E-state index is -1.46. The number of carbonyl (C=O) groups is 2. The van der Waals surface area contributed by atoms with Crippen LogP contribution in [0.15, 0.2) is 24.3 Å². The Kier molecular flexibility index (Phi) is 5.21. The number of aliphatic carboxylic acids is 1. The molecule has 0 saturated heterocycles. The standard InChI is InChI=1S/C14H15FN2O3S/c15-8-10(14(19)20)16-12(18)6-3-7-13-17-9-4-1-2-5-11(9)21-13/h1-2,4-5,10H,3,6-8H2,(H,16,18)(H,19,20). The summed E-state index contributed by atoms with van der Waals surface area (Å²) in [6.07, 6.45) is 1.34. The number of fused-ring (bicyclic) bond motifs is 1. The van der Waals surface area contributed by atoms with Crippen LogP contribution < -0.4 is 5.32 Å². The maximum atomic E-state index is 12.4. The van der Waals surface area contributed by atoms with E-state index in [2.05, 4.69) is 10.3 Å². The van der Waals surface area contributed by atoms with Gasteiger partial charge in [0.2, 0.25) is 5.91 Å². The van der Waals surface area contributed by atoms with Crippen LogP contribution in [-0.4, -0.2) is 34.7 Å². The van der Waals surface area contributed by atoms with Crippen molar-refractivity contribution in [2.75, 3.05) is 6.67 Å². The molecule has 7 heteroatoms. The van der Waals surface area contributed by atoms with Gasteiger partial charge in [0.05, 0.1) is 15.2 Å². The van der Waals surface area contributed by atoms with Gasteiger partial charge in [-0.1, -0.05) is 12.1 Å². The minimum Gasteiger partial charge on any atom is -0.480 e. The molecule has 1 unspecified atom stereocenters. The lowest BCUT2D eigenvalue weighted by Crippen LogP contribution is -2.42. The van der Waals surface area contributed by atoms with Crippen molar-refractivity contribution in [3.63, 3.8) is 0 Å². The van der Waals surface area contributed by atoms with Crippen molar-refractivity contribution >= 4 is 33.4 Å². The number of aromatic nitrogens is 1. The van der Waals surface area contributed by atoms with E-state index in [-0.39, 0.29) is 6.42 Å². The highest BCUT2D eigenvalue weighted by Gasteiger charge is 2.19. The summed E-state index contributed by atoms with van der Waals surface area (Å²) in [6.45, 7) is -1.11. The molecule has 112 valence electrons. The van der Waals surface area contributed by atoms with Gasteiger partial charge in [-0.15, -0.1) is 11.3 Å². The molecule has 0 radical (unpaired) electrons. The fourth-order valence-electron chi connectivity index (χ4n) is 1.86. The van der Waals surface area contributed by atoms with Crippen LogP contribution in [0.4, 0.5) is 4.39 Å². The highest BCUT2D eigenvalue weighted by molar-refractivity contribution is 7.18. The number of aryl methyl sites for hydroxylation is 1. The number of carboxylic acid groups (broad SMARTS) is 1. The average molecular weight is 310 g/mol. The molecule has 21 heavy (non-hydrogen) atoms. The molecule has 2 N–H and O–H groups in total. The topological polar surface area (TPSA) is 79.3 Å². The molecule has 0 aliphatic heterocycles. The molecule has 0 aliphatic carbocycles. The van der Waals surface area contributed by atoms with Gasteiger partial charge >= 0.3 is 5.97 Å². The van der Waals surface area contributed by atoms with Gasteiger partial charge in [0.1, 0.15) is 6.67 Å². The summed E-state index contributed by atoms with van der Waals surface area (Å²) in [5.41, 5.74) is 0.935. The number of alkyl halides is 1. The Hall–Kier alpha value is -2.02. The quantitative estimate of drug-likeness (QED) is 0.821. The van der Waals surface area contributed by atoms with Crippen molar-refractivity contribution in [1.82, 2.24) is 10.3 Å². The van der Waals surface area contributed by atoms with Crippen LogP contribution in [0.5, 0.6) is 0 Å². The number of para-hydroxylation sites is 1. The molecular formula is C14H15FN2O3S. The maximum absolute atomic E-state index is 12.4. The number of rotatable bonds is 7. The Morgan fingerprint density at radius 2 is 2.14 bits per heavy atom. The summed E-state index contributed by atoms with van der Waals surface area (Å²) in [7, 11) is 0. The van der Waals surface area contributed by atoms with Crippen LogP contribution in [0.25, 0.3) is 10.2 Å². The summed E-state index contributed by atoms with van der Waals surface area (Å²) >= 11 is 1.58. The second kappa shape index (κ2) is 7.12. The van der Waals surface area contributed by atoms with Crippen LogP contribution in [0.3, 0.4) is 0 Å². The van der Waals surface area contributed by atoms with Gasteiger partial charge < -0.3 is 10.4 Å². The van der Waals surface area contributed by atoms with Crippen LogP contribution in [0.1, 0.15) is 17.8 Å². The lowest BCUT2D eigenvalue weighted by atomic mass is 10.2. The van der Waals surface area contributed by atoms with E-state index < -0.39 is 24.6 Å². The zero-order chi connectivity index (χ0) is 15.2. The van der Waals surface area contributed by atoms with Gasteiger partial charge in [0, 0.05) is 6.42 Å². The average Bonchev–Trinajstić information content (AvgIpc) is 2.87. The van der Waals surface area contributed by atoms with Crippen molar-refractivity contribution < 1.29 is 19.1 Å². The molecule has 0 aliphatic rings. The highest BCUT2D eigenvalue weighted by Crippen LogP contribution is 2.22. The monoisotopic (exact) mass is 310 g/mol. The number of amides is 1. The van der Waals surface area contributed by atoms with Gasteiger partial charge in [-0.25, -0.2) is 14.2 Å². The molecule has 2 rings (SSSR count). The maximum Gasteiger partial charge on any atom is 0.328 e. The third kappa shape index (κ3) is 4.22. The fraction of sp³-hybridized carbons (Fsp3) is 0.357. The number of nitrogens with one attached hydrogen (secondary N) is 1. The van der Waals surface area contributed by atoms with Crippen LogP contribution in [0, 0.1) is 0 Å². The van der Waals surface area contributed by atoms with Crippen LogP contribution >= 0.6 is 11.3 Å². The van der Waals surface area contributed by atoms with Crippen molar-refractivity contribution in [2.45, 2.75) is 25.3 Å². The largest absolute Gasteiger partial charge is 0.480 e. The molecule has 0 saturated carbocycles. The number of nitrogens with zero attached hydrogens (tertiary/aromatic N) is 1. The molecule has 0 spiro atoms. The van der Waals surface area contributed by atoms with E-state index in [9.17, 15) is 14.0 Å². The molecule has 1 heterocycles. The lowest BCUT2D eigenvalue weighted by molar-refractivity contribution is -0.142. The van der Waals surface area contributed by atoms with E-state index in [1.165, 1.54) is 0 Å². The first-order valence-electron chi connectivity index (χ1n) is 6.52. The number of thiazole rings is 1. The van der Waals surface area contributed by atoms with E-state index >= 15 is 0 Å². The van der Waals surface area contributed by atoms with Gasteiger partial charge in [-0.3, -0.25) is 4.79 Å². The minimum absolute atomic E-state index is 0.152. The first-order chi connectivity index (χ1) is 10.1. The summed E-state index contributed by atoms with van der Waals surface area (Å²) in [5.74, 6) is -1.82. The Balaban J connectivity index is 1.81. The van der Waals surface area contributed by atoms with Gasteiger partial charge in [-0.05, 0) is 25.0 Å². The second-order valence-electron chi connectivity index (χ2n) is 4.54. The van der Waals surface area contributed by atoms with E-state index in [4.69, 9.17) is 5.11 Å². The van der Waals surface area contributed by atoms with Gasteiger partial charge in [0.25, 0.3) is 0 Å². The van der Waals surface area contributed by atoms with E-state index in [0.29, 0.717) is 12.8 Å². The fourth-order valence-corrected chi connectivity index (χ4v) is 2.87. The molecule has 0 fully saturated rings. The van der Waals surface area contributed by atoms with Crippen molar-refractivity contribution in [3.8, 4) is 0 Å². The zero-order valence-electron chi connectivity index (χ0n) is 11.2. The molecule has 5 nitrogen and oxygen atoms in total. The van der Waals surface area contributed by atoms with Gasteiger partial charge in [0.15, 0.2) is 6.04 Å². The Morgan fingerprint density at radius 3 is 2.81 bits per heavy atom. The Bertz CT molecular complexity index is 611. The highest BCUT2D eigenvalue weighted by atomic mass is 32.1. The second-order valence-corrected chi connectivity index (χ2v) is 5.66. The Labute approximate surface area is 124 Å². The van der Waals surface area contributed by atoms with E-state index in [0.717, 1.165) is 15.2 Å². The smallest absolute Gasteiger partial charge is 0.328 e. The van der Waals surface area contributed by atoms with E-state index in [1.54, 1.807) is 11.3 Å². The normalized spacial score (nSPS) is 12.2. The molecule has 1 aromatic heterocycles. The molecular weight excluding hydrogens is 295 g/mol. The number of benzene rings is 1. The van der Waals surface area contributed by atoms with Crippen molar-refractivity contribution in [3.05, 3.63) is 29.3 Å². The summed E-state index contributed by atoms with van der Waals surface area (Å²) in [4.78, 5) is 26.6. The number of hydrogen-bond donors (Lipinski definition) is 2. The van der Waals surface area contributed by atoms with Crippen LogP contribution in [0.2, 0.25) is 0 Å². The Morgan fingerprint density at radius 1 is 1.38 bits per heavy atom. The molecule has 2 aromatic rings. The molecule has 1 atom stereocenters. The number of carboxylic acids is 1. The summed E-state index contributed by atoms with van der Waals surface area (Å²) < 4.78 is 13.5. The first kappa shape index (κ1) is 15.4.